The summed E-state index contributed by atoms with van der Waals surface area (Å²) in [7, 11) is 0. The van der Waals surface area contributed by atoms with Crippen LogP contribution in [0.5, 0.6) is 5.75 Å². The van der Waals surface area contributed by atoms with E-state index in [1.807, 2.05) is 24.3 Å². The van der Waals surface area contributed by atoms with Gasteiger partial charge in [-0.25, -0.2) is 0 Å². The molecule has 0 aromatic heterocycles. The maximum Gasteiger partial charge on any atom is 0.119 e. The van der Waals surface area contributed by atoms with E-state index in [2.05, 4.69) is 0 Å². The average Bonchev–Trinajstić information content (AvgIpc) is 3.18. The van der Waals surface area contributed by atoms with Crippen LogP contribution in [-0.2, 0) is 4.74 Å². The molecule has 1 fully saturated rings. The second kappa shape index (κ2) is 6.71. The van der Waals surface area contributed by atoms with Crippen LogP contribution in [0, 0.1) is 5.92 Å². The second-order valence-corrected chi connectivity index (χ2v) is 5.05. The summed E-state index contributed by atoms with van der Waals surface area (Å²) in [5.41, 5.74) is 6.39. The zero-order valence-electron chi connectivity index (χ0n) is 10.4. The predicted molar refractivity (Wildman–Crippen MR) is 76.0 cm³/mol. The normalized spacial score (nSPS) is 14.4. The summed E-state index contributed by atoms with van der Waals surface area (Å²) in [4.78, 5) is 0.412. The van der Waals surface area contributed by atoms with E-state index in [1.54, 1.807) is 0 Å². The Hall–Kier alpha value is -1.13. The molecule has 0 amide bonds. The Bertz CT molecular complexity index is 387. The van der Waals surface area contributed by atoms with E-state index in [0.29, 0.717) is 11.6 Å². The van der Waals surface area contributed by atoms with Crippen molar-refractivity contribution in [3.05, 3.63) is 29.8 Å². The minimum Gasteiger partial charge on any atom is -0.494 e. The summed E-state index contributed by atoms with van der Waals surface area (Å²) >= 11 is 4.89. The van der Waals surface area contributed by atoms with Crippen LogP contribution in [0.2, 0.25) is 0 Å². The largest absolute Gasteiger partial charge is 0.494 e. The van der Waals surface area contributed by atoms with Crippen LogP contribution in [-0.4, -0.2) is 24.8 Å². The number of hydrogen-bond acceptors (Lipinski definition) is 3. The van der Waals surface area contributed by atoms with Crippen LogP contribution in [0.15, 0.2) is 24.3 Å². The molecule has 1 saturated carbocycles. The molecule has 0 radical (unpaired) electrons. The molecule has 1 aliphatic carbocycles. The molecule has 0 unspecified atom stereocenters. The monoisotopic (exact) mass is 265 g/mol. The van der Waals surface area contributed by atoms with Crippen LogP contribution < -0.4 is 10.5 Å². The summed E-state index contributed by atoms with van der Waals surface area (Å²) in [6.45, 7) is 2.38. The number of nitrogens with two attached hydrogens (primary N) is 1. The highest BCUT2D eigenvalue weighted by Crippen LogP contribution is 2.28. The molecule has 4 heteroatoms. The lowest BCUT2D eigenvalue weighted by Crippen LogP contribution is -2.09. The zero-order valence-corrected chi connectivity index (χ0v) is 11.2. The van der Waals surface area contributed by atoms with Crippen molar-refractivity contribution in [1.29, 1.82) is 0 Å². The summed E-state index contributed by atoms with van der Waals surface area (Å²) in [5, 5.41) is 0. The van der Waals surface area contributed by atoms with Gasteiger partial charge < -0.3 is 15.2 Å². The quantitative estimate of drug-likeness (QED) is 0.579. The zero-order chi connectivity index (χ0) is 12.8. The van der Waals surface area contributed by atoms with E-state index in [0.717, 1.165) is 36.9 Å². The predicted octanol–water partition coefficient (Wildman–Crippen LogP) is 2.52. The molecular weight excluding hydrogens is 246 g/mol. The lowest BCUT2D eigenvalue weighted by atomic mass is 10.2. The first-order chi connectivity index (χ1) is 8.75. The maximum atomic E-state index is 5.60. The smallest absolute Gasteiger partial charge is 0.119 e. The lowest BCUT2D eigenvalue weighted by molar-refractivity contribution is 0.111. The van der Waals surface area contributed by atoms with Crippen molar-refractivity contribution >= 4 is 17.2 Å². The molecule has 0 heterocycles. The Kier molecular flexibility index (Phi) is 4.96. The summed E-state index contributed by atoms with van der Waals surface area (Å²) in [6.07, 6.45) is 3.60. The second-order valence-electron chi connectivity index (χ2n) is 4.61. The third kappa shape index (κ3) is 4.63. The van der Waals surface area contributed by atoms with E-state index in [4.69, 9.17) is 27.4 Å². The molecule has 0 saturated heterocycles. The maximum absolute atomic E-state index is 5.60. The van der Waals surface area contributed by atoms with Gasteiger partial charge in [-0.1, -0.05) is 12.2 Å². The van der Waals surface area contributed by atoms with Gasteiger partial charge in [-0.2, -0.15) is 0 Å². The van der Waals surface area contributed by atoms with Gasteiger partial charge in [0, 0.05) is 25.2 Å². The third-order valence-corrected chi connectivity index (χ3v) is 3.13. The summed E-state index contributed by atoms with van der Waals surface area (Å²) in [5.74, 6) is 1.68. The molecule has 18 heavy (non-hydrogen) atoms. The number of thiocarbonyl (C=S) groups is 1. The van der Waals surface area contributed by atoms with Crippen molar-refractivity contribution in [2.75, 3.05) is 19.8 Å². The third-order valence-electron chi connectivity index (χ3n) is 2.89. The fourth-order valence-electron chi connectivity index (χ4n) is 1.60. The standard InChI is InChI=1S/C14H19NO2S/c15-14(18)12-4-6-13(7-5-12)17-9-1-8-16-10-11-2-3-11/h4-7,11H,1-3,8-10H2,(H2,15,18). The minimum atomic E-state index is 0.412. The van der Waals surface area contributed by atoms with Crippen LogP contribution in [0.4, 0.5) is 0 Å². The summed E-state index contributed by atoms with van der Waals surface area (Å²) in [6, 6.07) is 7.53. The highest BCUT2D eigenvalue weighted by atomic mass is 32.1. The Labute approximate surface area is 113 Å². The molecule has 0 aliphatic heterocycles. The van der Waals surface area contributed by atoms with Crippen molar-refractivity contribution in [3.8, 4) is 5.75 Å². The summed E-state index contributed by atoms with van der Waals surface area (Å²) < 4.78 is 11.1. The molecule has 2 rings (SSSR count). The molecule has 0 bridgehead atoms. The lowest BCUT2D eigenvalue weighted by Gasteiger charge is -2.07. The highest BCUT2D eigenvalue weighted by molar-refractivity contribution is 7.80. The molecule has 1 aromatic carbocycles. The van der Waals surface area contributed by atoms with Crippen molar-refractivity contribution < 1.29 is 9.47 Å². The van der Waals surface area contributed by atoms with Crippen molar-refractivity contribution in [2.24, 2.45) is 11.7 Å². The Morgan fingerprint density at radius 3 is 2.56 bits per heavy atom. The Morgan fingerprint density at radius 2 is 1.94 bits per heavy atom. The Morgan fingerprint density at radius 1 is 1.22 bits per heavy atom. The van der Waals surface area contributed by atoms with Gasteiger partial charge in [-0.15, -0.1) is 0 Å². The molecule has 2 N–H and O–H groups in total. The van der Waals surface area contributed by atoms with E-state index in [-0.39, 0.29) is 0 Å². The fourth-order valence-corrected chi connectivity index (χ4v) is 1.74. The molecular formula is C14H19NO2S. The van der Waals surface area contributed by atoms with Crippen LogP contribution in [0.1, 0.15) is 24.8 Å². The van der Waals surface area contributed by atoms with E-state index in [1.165, 1.54) is 12.8 Å². The molecule has 0 spiro atoms. The van der Waals surface area contributed by atoms with Gasteiger partial charge in [0.1, 0.15) is 10.7 Å². The van der Waals surface area contributed by atoms with Gasteiger partial charge in [-0.3, -0.25) is 0 Å². The first-order valence-corrected chi connectivity index (χ1v) is 6.77. The van der Waals surface area contributed by atoms with Crippen molar-refractivity contribution in [3.63, 3.8) is 0 Å². The van der Waals surface area contributed by atoms with Crippen LogP contribution >= 0.6 is 12.2 Å². The molecule has 1 aliphatic rings. The number of benzene rings is 1. The SMILES string of the molecule is NC(=S)c1ccc(OCCCOCC2CC2)cc1. The Balaban J connectivity index is 1.58. The highest BCUT2D eigenvalue weighted by Gasteiger charge is 2.20. The molecule has 3 nitrogen and oxygen atoms in total. The van der Waals surface area contributed by atoms with E-state index >= 15 is 0 Å². The van der Waals surface area contributed by atoms with Gasteiger partial charge in [-0.05, 0) is 43.0 Å². The molecule has 98 valence electrons. The number of ether oxygens (including phenoxy) is 2. The minimum absolute atomic E-state index is 0.412. The van der Waals surface area contributed by atoms with Crippen LogP contribution in [0.25, 0.3) is 0 Å². The van der Waals surface area contributed by atoms with Gasteiger partial charge >= 0.3 is 0 Å². The van der Waals surface area contributed by atoms with E-state index in [9.17, 15) is 0 Å². The fraction of sp³-hybridized carbons (Fsp3) is 0.500. The van der Waals surface area contributed by atoms with Gasteiger partial charge in [0.25, 0.3) is 0 Å². The molecule has 0 atom stereocenters. The van der Waals surface area contributed by atoms with Crippen LogP contribution in [0.3, 0.4) is 0 Å². The van der Waals surface area contributed by atoms with E-state index < -0.39 is 0 Å². The number of hydrogen-bond donors (Lipinski definition) is 1. The first-order valence-electron chi connectivity index (χ1n) is 6.36. The average molecular weight is 265 g/mol. The van der Waals surface area contributed by atoms with Gasteiger partial charge in [0.05, 0.1) is 6.61 Å². The van der Waals surface area contributed by atoms with Gasteiger partial charge in [0.15, 0.2) is 0 Å². The number of rotatable bonds is 8. The van der Waals surface area contributed by atoms with Crippen molar-refractivity contribution in [1.82, 2.24) is 0 Å². The van der Waals surface area contributed by atoms with Crippen molar-refractivity contribution in [2.45, 2.75) is 19.3 Å². The van der Waals surface area contributed by atoms with Gasteiger partial charge in [0.2, 0.25) is 0 Å². The topological polar surface area (TPSA) is 44.5 Å². The molecule has 1 aromatic rings. The first kappa shape index (κ1) is 13.3.